The van der Waals surface area contributed by atoms with Gasteiger partial charge in [-0.05, 0) is 54.3 Å². The molecule has 0 aromatic heterocycles. The molecule has 3 aromatic carbocycles. The molecule has 2 amide bonds. The normalized spacial score (nSPS) is 12.0. The van der Waals surface area contributed by atoms with E-state index in [2.05, 4.69) is 5.32 Å². The molecule has 10 heteroatoms. The molecule has 7 nitrogen and oxygen atoms in total. The fourth-order valence-corrected chi connectivity index (χ4v) is 5.62. The number of carbonyl (C=O) groups excluding carboxylic acids is 2. The van der Waals surface area contributed by atoms with Crippen LogP contribution in [0.15, 0.2) is 72.8 Å². The maximum absolute atomic E-state index is 13.7. The van der Waals surface area contributed by atoms with Crippen molar-refractivity contribution in [3.63, 3.8) is 0 Å². The quantitative estimate of drug-likeness (QED) is 0.313. The zero-order valence-corrected chi connectivity index (χ0v) is 24.6. The molecule has 1 N–H and O–H groups in total. The molecule has 0 aliphatic rings. The highest BCUT2D eigenvalue weighted by molar-refractivity contribution is 7.92. The second-order valence-corrected chi connectivity index (χ2v) is 12.1. The van der Waals surface area contributed by atoms with Crippen molar-refractivity contribution in [2.75, 3.05) is 24.2 Å². The highest BCUT2D eigenvalue weighted by atomic mass is 35.5. The first-order valence-corrected chi connectivity index (χ1v) is 15.1. The van der Waals surface area contributed by atoms with Crippen molar-refractivity contribution >= 4 is 50.7 Å². The monoisotopic (exact) mass is 589 g/mol. The van der Waals surface area contributed by atoms with E-state index in [-0.39, 0.29) is 37.7 Å². The van der Waals surface area contributed by atoms with Gasteiger partial charge in [-0.25, -0.2) is 8.42 Å². The predicted octanol–water partition coefficient (Wildman–Crippen LogP) is 5.23. The van der Waals surface area contributed by atoms with Crippen molar-refractivity contribution in [1.82, 2.24) is 10.2 Å². The number of benzene rings is 3. The lowest BCUT2D eigenvalue weighted by Gasteiger charge is -2.31. The number of aryl methyl sites for hydroxylation is 1. The van der Waals surface area contributed by atoms with Crippen molar-refractivity contribution in [2.24, 2.45) is 0 Å². The summed E-state index contributed by atoms with van der Waals surface area (Å²) in [7, 11) is -2.03. The molecule has 3 rings (SSSR count). The van der Waals surface area contributed by atoms with Crippen LogP contribution >= 0.6 is 23.2 Å². The average Bonchev–Trinajstić information content (AvgIpc) is 2.90. The van der Waals surface area contributed by atoms with Crippen molar-refractivity contribution in [3.05, 3.63) is 99.5 Å². The Balaban J connectivity index is 1.86. The molecule has 0 bridgehead atoms. The topological polar surface area (TPSA) is 86.8 Å². The van der Waals surface area contributed by atoms with Gasteiger partial charge in [0, 0.05) is 33.0 Å². The lowest BCUT2D eigenvalue weighted by atomic mass is 10.0. The van der Waals surface area contributed by atoms with Crippen molar-refractivity contribution in [3.8, 4) is 0 Å². The van der Waals surface area contributed by atoms with E-state index in [0.717, 1.165) is 22.9 Å². The van der Waals surface area contributed by atoms with Crippen LogP contribution < -0.4 is 9.62 Å². The standard InChI is InChI=1S/C29H33Cl2N3O4S/c1-21-9-7-12-24(17-21)34(39(3,37)38)16-8-13-28(35)33(20-23-14-15-25(30)26(31)18-23)27(29(36)32-2)19-22-10-5-4-6-11-22/h4-7,9-12,14-15,17-18,27H,8,13,16,19-20H2,1-3H3,(H,32,36)/t27-/m0/s1. The van der Waals surface area contributed by atoms with Gasteiger partial charge in [-0.1, -0.05) is 71.7 Å². The molecular weight excluding hydrogens is 557 g/mol. The highest BCUT2D eigenvalue weighted by Crippen LogP contribution is 2.25. The number of rotatable bonds is 12. The SMILES string of the molecule is CNC(=O)[C@H](Cc1ccccc1)N(Cc1ccc(Cl)c(Cl)c1)C(=O)CCCN(c1cccc(C)c1)S(C)(=O)=O. The minimum atomic E-state index is -3.57. The average molecular weight is 591 g/mol. The first kappa shape index (κ1) is 30.5. The third-order valence-electron chi connectivity index (χ3n) is 6.30. The van der Waals surface area contributed by atoms with Gasteiger partial charge in [-0.2, -0.15) is 0 Å². The van der Waals surface area contributed by atoms with E-state index in [1.807, 2.05) is 43.3 Å². The Morgan fingerprint density at radius 1 is 0.923 bits per heavy atom. The third-order valence-corrected chi connectivity index (χ3v) is 8.23. The lowest BCUT2D eigenvalue weighted by molar-refractivity contribution is -0.141. The maximum atomic E-state index is 13.7. The van der Waals surface area contributed by atoms with Crippen molar-refractivity contribution in [1.29, 1.82) is 0 Å². The summed E-state index contributed by atoms with van der Waals surface area (Å²) in [5.41, 5.74) is 3.10. The largest absolute Gasteiger partial charge is 0.357 e. The van der Waals surface area contributed by atoms with Gasteiger partial charge in [-0.15, -0.1) is 0 Å². The number of nitrogens with one attached hydrogen (secondary N) is 1. The Morgan fingerprint density at radius 3 is 2.26 bits per heavy atom. The first-order valence-electron chi connectivity index (χ1n) is 12.5. The number of halogens is 2. The summed E-state index contributed by atoms with van der Waals surface area (Å²) in [6.45, 7) is 2.15. The summed E-state index contributed by atoms with van der Waals surface area (Å²) < 4.78 is 26.4. The van der Waals surface area contributed by atoms with Crippen LogP contribution in [0.1, 0.15) is 29.5 Å². The van der Waals surface area contributed by atoms with E-state index in [0.29, 0.717) is 22.2 Å². The van der Waals surface area contributed by atoms with E-state index in [1.54, 1.807) is 36.4 Å². The van der Waals surface area contributed by atoms with Gasteiger partial charge < -0.3 is 10.2 Å². The van der Waals surface area contributed by atoms with Crippen LogP contribution in [0.25, 0.3) is 0 Å². The molecule has 1 atom stereocenters. The molecular formula is C29H33Cl2N3O4S. The molecule has 0 saturated carbocycles. The zero-order chi connectivity index (χ0) is 28.6. The van der Waals surface area contributed by atoms with Crippen LogP contribution in [-0.2, 0) is 32.6 Å². The fourth-order valence-electron chi connectivity index (χ4n) is 4.34. The first-order chi connectivity index (χ1) is 18.5. The lowest BCUT2D eigenvalue weighted by Crippen LogP contribution is -2.49. The summed E-state index contributed by atoms with van der Waals surface area (Å²) in [5.74, 6) is -0.576. The smallest absolute Gasteiger partial charge is 0.242 e. The molecule has 0 heterocycles. The van der Waals surface area contributed by atoms with Gasteiger partial charge in [0.15, 0.2) is 0 Å². The second-order valence-electron chi connectivity index (χ2n) is 9.37. The van der Waals surface area contributed by atoms with Crippen LogP contribution in [-0.4, -0.2) is 51.0 Å². The van der Waals surface area contributed by atoms with Crippen LogP contribution in [0.2, 0.25) is 10.0 Å². The van der Waals surface area contributed by atoms with Crippen LogP contribution in [0.3, 0.4) is 0 Å². The van der Waals surface area contributed by atoms with E-state index < -0.39 is 16.1 Å². The fraction of sp³-hybridized carbons (Fsp3) is 0.310. The van der Waals surface area contributed by atoms with Gasteiger partial charge in [0.2, 0.25) is 21.8 Å². The number of amides is 2. The molecule has 0 fully saturated rings. The molecule has 0 aliphatic heterocycles. The van der Waals surface area contributed by atoms with E-state index in [4.69, 9.17) is 23.2 Å². The molecule has 0 aliphatic carbocycles. The second kappa shape index (κ2) is 13.8. The van der Waals surface area contributed by atoms with E-state index in [9.17, 15) is 18.0 Å². The predicted molar refractivity (Wildman–Crippen MR) is 158 cm³/mol. The molecule has 0 radical (unpaired) electrons. The number of carbonyl (C=O) groups is 2. The van der Waals surface area contributed by atoms with Gasteiger partial charge in [0.05, 0.1) is 22.0 Å². The Bertz CT molecular complexity index is 1400. The van der Waals surface area contributed by atoms with Gasteiger partial charge in [0.25, 0.3) is 0 Å². The Kier molecular flexibility index (Phi) is 10.8. The summed E-state index contributed by atoms with van der Waals surface area (Å²) in [6.07, 6.45) is 1.77. The summed E-state index contributed by atoms with van der Waals surface area (Å²) in [5, 5.41) is 3.42. The zero-order valence-electron chi connectivity index (χ0n) is 22.2. The third kappa shape index (κ3) is 8.71. The molecule has 39 heavy (non-hydrogen) atoms. The number of likely N-dealkylation sites (N-methyl/N-ethyl adjacent to an activating group) is 1. The van der Waals surface area contributed by atoms with E-state index in [1.165, 1.54) is 16.3 Å². The molecule has 0 spiro atoms. The van der Waals surface area contributed by atoms with Gasteiger partial charge in [-0.3, -0.25) is 13.9 Å². The number of hydrogen-bond donors (Lipinski definition) is 1. The molecule has 208 valence electrons. The number of anilines is 1. The minimum Gasteiger partial charge on any atom is -0.357 e. The number of sulfonamides is 1. The summed E-state index contributed by atoms with van der Waals surface area (Å²) >= 11 is 12.3. The summed E-state index contributed by atoms with van der Waals surface area (Å²) in [6, 6.07) is 21.0. The number of hydrogen-bond acceptors (Lipinski definition) is 4. The van der Waals surface area contributed by atoms with Crippen LogP contribution in [0.5, 0.6) is 0 Å². The maximum Gasteiger partial charge on any atom is 0.242 e. The Hall–Kier alpha value is -3.07. The van der Waals surface area contributed by atoms with Crippen molar-refractivity contribution < 1.29 is 18.0 Å². The molecule has 0 unspecified atom stereocenters. The number of nitrogens with zero attached hydrogens (tertiary/aromatic N) is 2. The summed E-state index contributed by atoms with van der Waals surface area (Å²) in [4.78, 5) is 28.3. The highest BCUT2D eigenvalue weighted by Gasteiger charge is 2.30. The molecule has 3 aromatic rings. The van der Waals surface area contributed by atoms with Crippen LogP contribution in [0.4, 0.5) is 5.69 Å². The Morgan fingerprint density at radius 2 is 1.64 bits per heavy atom. The van der Waals surface area contributed by atoms with Gasteiger partial charge in [0.1, 0.15) is 6.04 Å². The van der Waals surface area contributed by atoms with E-state index >= 15 is 0 Å². The van der Waals surface area contributed by atoms with Crippen molar-refractivity contribution in [2.45, 2.75) is 38.8 Å². The Labute approximate surface area is 240 Å². The minimum absolute atomic E-state index is 0.0431. The van der Waals surface area contributed by atoms with Gasteiger partial charge >= 0.3 is 0 Å². The molecule has 0 saturated heterocycles. The van der Waals surface area contributed by atoms with Crippen LogP contribution in [0, 0.1) is 6.92 Å².